The van der Waals surface area contributed by atoms with E-state index >= 15 is 0 Å². The minimum atomic E-state index is 0.498. The standard InChI is InChI=1S/C19H22N4S/c1-11(2)15-7-6-12(3)18-16(8-13(4)17(18)9-15)10-20-23-14(5)21-22-19(23)24/h6-11H,1-5H3,(H,22,24)/b20-10-. The number of hydrogen-bond acceptors (Lipinski definition) is 3. The molecule has 0 saturated carbocycles. The summed E-state index contributed by atoms with van der Waals surface area (Å²) >= 11 is 5.21. The first-order chi connectivity index (χ1) is 11.4. The van der Waals surface area contributed by atoms with Crippen LogP contribution in [-0.4, -0.2) is 21.1 Å². The third kappa shape index (κ3) is 2.91. The molecule has 5 heteroatoms. The van der Waals surface area contributed by atoms with Gasteiger partial charge in [-0.15, -0.1) is 0 Å². The zero-order valence-electron chi connectivity index (χ0n) is 14.7. The van der Waals surface area contributed by atoms with Gasteiger partial charge in [-0.3, -0.25) is 5.10 Å². The van der Waals surface area contributed by atoms with Crippen molar-refractivity contribution in [2.24, 2.45) is 5.10 Å². The van der Waals surface area contributed by atoms with Crippen LogP contribution >= 0.6 is 12.2 Å². The van der Waals surface area contributed by atoms with Crippen molar-refractivity contribution in [3.63, 3.8) is 0 Å². The molecule has 0 atom stereocenters. The van der Waals surface area contributed by atoms with E-state index in [1.807, 2.05) is 13.1 Å². The van der Waals surface area contributed by atoms with E-state index in [9.17, 15) is 0 Å². The first kappa shape index (κ1) is 16.6. The van der Waals surface area contributed by atoms with Crippen molar-refractivity contribution in [2.75, 3.05) is 0 Å². The normalized spacial score (nSPS) is 11.9. The Bertz CT molecular complexity index is 947. The molecule has 24 heavy (non-hydrogen) atoms. The summed E-state index contributed by atoms with van der Waals surface area (Å²) in [5.41, 5.74) is 7.50. The number of hydrogen-bond donors (Lipinski definition) is 1. The second-order valence-corrected chi connectivity index (χ2v) is 6.91. The van der Waals surface area contributed by atoms with E-state index in [1.165, 1.54) is 27.8 Å². The number of aromatic amines is 1. The molecule has 1 heterocycles. The van der Waals surface area contributed by atoms with Crippen LogP contribution in [0.3, 0.4) is 0 Å². The molecule has 0 radical (unpaired) electrons. The molecule has 0 fully saturated rings. The fourth-order valence-corrected chi connectivity index (χ4v) is 3.19. The van der Waals surface area contributed by atoms with Crippen LogP contribution < -0.4 is 0 Å². The lowest BCUT2D eigenvalue weighted by molar-refractivity contribution is 0.821. The Balaban J connectivity index is 2.14. The molecule has 0 bridgehead atoms. The minimum absolute atomic E-state index is 0.498. The summed E-state index contributed by atoms with van der Waals surface area (Å²) in [6.07, 6.45) is 1.87. The number of aromatic nitrogens is 3. The topological polar surface area (TPSA) is 46.0 Å². The number of aryl methyl sites for hydroxylation is 3. The van der Waals surface area contributed by atoms with E-state index in [2.05, 4.69) is 67.3 Å². The van der Waals surface area contributed by atoms with Crippen LogP contribution in [0.5, 0.6) is 0 Å². The fourth-order valence-electron chi connectivity index (χ4n) is 2.97. The summed E-state index contributed by atoms with van der Waals surface area (Å²) in [6, 6.07) is 8.90. The van der Waals surface area contributed by atoms with Gasteiger partial charge in [0.15, 0.2) is 0 Å². The number of H-pyrrole nitrogens is 1. The van der Waals surface area contributed by atoms with Crippen LogP contribution in [0.1, 0.15) is 47.8 Å². The minimum Gasteiger partial charge on any atom is -0.250 e. The fraction of sp³-hybridized carbons (Fsp3) is 0.316. The summed E-state index contributed by atoms with van der Waals surface area (Å²) in [5, 5.41) is 11.4. The molecular weight excluding hydrogens is 316 g/mol. The maximum atomic E-state index is 5.21. The molecule has 3 rings (SSSR count). The van der Waals surface area contributed by atoms with E-state index in [0.29, 0.717) is 10.7 Å². The number of fused-ring (bicyclic) bond motifs is 1. The van der Waals surface area contributed by atoms with Gasteiger partial charge in [0.05, 0.1) is 6.21 Å². The van der Waals surface area contributed by atoms with Gasteiger partial charge in [-0.2, -0.15) is 14.9 Å². The molecule has 1 aromatic rings. The summed E-state index contributed by atoms with van der Waals surface area (Å²) in [5.74, 6) is 1.24. The molecule has 0 unspecified atom stereocenters. The molecule has 1 N–H and O–H groups in total. The Morgan fingerprint density at radius 3 is 2.54 bits per heavy atom. The van der Waals surface area contributed by atoms with E-state index in [-0.39, 0.29) is 0 Å². The van der Waals surface area contributed by atoms with Gasteiger partial charge in [0, 0.05) is 5.56 Å². The SMILES string of the molecule is Cc1cc(/C=N\n2c(C)n[nH]c2=S)c2c(C)ccc(C(C)C)cc1-2. The predicted octanol–water partition coefficient (Wildman–Crippen LogP) is 4.98. The zero-order chi connectivity index (χ0) is 17.4. The van der Waals surface area contributed by atoms with Crippen molar-refractivity contribution in [3.8, 4) is 11.1 Å². The van der Waals surface area contributed by atoms with Gasteiger partial charge in [-0.1, -0.05) is 32.0 Å². The van der Waals surface area contributed by atoms with E-state index in [4.69, 9.17) is 12.2 Å². The second-order valence-electron chi connectivity index (χ2n) is 6.52. The van der Waals surface area contributed by atoms with Gasteiger partial charge >= 0.3 is 0 Å². The van der Waals surface area contributed by atoms with Crippen LogP contribution in [0, 0.1) is 25.5 Å². The second kappa shape index (κ2) is 6.32. The third-order valence-corrected chi connectivity index (χ3v) is 4.64. The highest BCUT2D eigenvalue weighted by molar-refractivity contribution is 7.71. The largest absolute Gasteiger partial charge is 0.250 e. The lowest BCUT2D eigenvalue weighted by atomic mass is 10.0. The molecule has 0 saturated heterocycles. The van der Waals surface area contributed by atoms with Gasteiger partial charge in [-0.05, 0) is 72.8 Å². The highest BCUT2D eigenvalue weighted by atomic mass is 32.1. The lowest BCUT2D eigenvalue weighted by Crippen LogP contribution is -1.94. The van der Waals surface area contributed by atoms with Gasteiger partial charge in [0.2, 0.25) is 4.77 Å². The Hall–Kier alpha value is -2.27. The molecule has 2 aliphatic carbocycles. The Morgan fingerprint density at radius 2 is 1.92 bits per heavy atom. The van der Waals surface area contributed by atoms with Crippen molar-refractivity contribution in [3.05, 3.63) is 57.1 Å². The zero-order valence-corrected chi connectivity index (χ0v) is 15.5. The van der Waals surface area contributed by atoms with Crippen molar-refractivity contribution in [1.82, 2.24) is 14.9 Å². The van der Waals surface area contributed by atoms with E-state index in [1.54, 1.807) is 4.68 Å². The van der Waals surface area contributed by atoms with Crippen LogP contribution in [0.2, 0.25) is 0 Å². The van der Waals surface area contributed by atoms with Crippen molar-refractivity contribution in [1.29, 1.82) is 0 Å². The van der Waals surface area contributed by atoms with Crippen LogP contribution in [0.15, 0.2) is 29.4 Å². The number of nitrogens with zero attached hydrogens (tertiary/aromatic N) is 3. The first-order valence-corrected chi connectivity index (χ1v) is 8.51. The van der Waals surface area contributed by atoms with Crippen LogP contribution in [0.4, 0.5) is 0 Å². The Morgan fingerprint density at radius 1 is 1.17 bits per heavy atom. The third-order valence-electron chi connectivity index (χ3n) is 4.38. The number of nitrogens with one attached hydrogen (secondary N) is 1. The molecule has 124 valence electrons. The molecule has 0 spiro atoms. The highest BCUT2D eigenvalue weighted by Gasteiger charge is 2.15. The highest BCUT2D eigenvalue weighted by Crippen LogP contribution is 2.35. The molecule has 2 aliphatic rings. The van der Waals surface area contributed by atoms with Gasteiger partial charge in [0.1, 0.15) is 5.82 Å². The smallest absolute Gasteiger partial charge is 0.216 e. The monoisotopic (exact) mass is 338 g/mol. The summed E-state index contributed by atoms with van der Waals surface area (Å²) in [7, 11) is 0. The van der Waals surface area contributed by atoms with Crippen LogP contribution in [-0.2, 0) is 0 Å². The predicted molar refractivity (Wildman–Crippen MR) is 102 cm³/mol. The molecular formula is C19H22N4S. The average molecular weight is 338 g/mol. The van der Waals surface area contributed by atoms with Crippen molar-refractivity contribution < 1.29 is 0 Å². The first-order valence-electron chi connectivity index (χ1n) is 8.10. The van der Waals surface area contributed by atoms with Crippen LogP contribution in [0.25, 0.3) is 11.1 Å². The van der Waals surface area contributed by atoms with Crippen molar-refractivity contribution in [2.45, 2.75) is 40.5 Å². The summed E-state index contributed by atoms with van der Waals surface area (Å²) < 4.78 is 2.14. The molecule has 0 amide bonds. The number of rotatable bonds is 3. The molecule has 4 nitrogen and oxygen atoms in total. The molecule has 0 aromatic carbocycles. The average Bonchev–Trinajstić information content (AvgIpc) is 2.93. The lowest BCUT2D eigenvalue weighted by Gasteiger charge is -2.04. The van der Waals surface area contributed by atoms with Gasteiger partial charge < -0.3 is 0 Å². The molecule has 1 aromatic heterocycles. The van der Waals surface area contributed by atoms with E-state index < -0.39 is 0 Å². The van der Waals surface area contributed by atoms with Crippen molar-refractivity contribution >= 4 is 18.4 Å². The van der Waals surface area contributed by atoms with E-state index in [0.717, 1.165) is 11.4 Å². The Kier molecular flexibility index (Phi) is 4.37. The van der Waals surface area contributed by atoms with Gasteiger partial charge in [0.25, 0.3) is 0 Å². The summed E-state index contributed by atoms with van der Waals surface area (Å²) in [4.78, 5) is 0. The maximum absolute atomic E-state index is 5.21. The summed E-state index contributed by atoms with van der Waals surface area (Å²) in [6.45, 7) is 10.6. The molecule has 0 aliphatic heterocycles. The Labute approximate surface area is 147 Å². The van der Waals surface area contributed by atoms with Gasteiger partial charge in [-0.25, -0.2) is 0 Å². The quantitative estimate of drug-likeness (QED) is 0.541. The maximum Gasteiger partial charge on any atom is 0.216 e.